The predicted octanol–water partition coefficient (Wildman–Crippen LogP) is 4.95. The normalized spacial score (nSPS) is 39.9. The van der Waals surface area contributed by atoms with E-state index in [4.69, 9.17) is 4.74 Å². The summed E-state index contributed by atoms with van der Waals surface area (Å²) in [6, 6.07) is 8.82. The fourth-order valence-corrected chi connectivity index (χ4v) is 9.40. The molecule has 0 heterocycles. The van der Waals surface area contributed by atoms with E-state index in [0.29, 0.717) is 24.8 Å². The van der Waals surface area contributed by atoms with Gasteiger partial charge in [-0.1, -0.05) is 62.3 Å². The molecule has 4 aliphatic rings. The third-order valence-corrected chi connectivity index (χ3v) is 12.0. The first kappa shape index (κ1) is 30.7. The molecule has 5 rings (SSSR count). The maximum atomic E-state index is 13.1. The second-order valence-corrected chi connectivity index (χ2v) is 14.3. The molecule has 0 aliphatic heterocycles. The minimum atomic E-state index is -0.954. The monoisotopic (exact) mass is 576 g/mol. The van der Waals surface area contributed by atoms with Gasteiger partial charge >= 0.3 is 5.97 Å². The lowest BCUT2D eigenvalue weighted by molar-refractivity contribution is -0.150. The van der Waals surface area contributed by atoms with Crippen LogP contribution >= 0.6 is 0 Å². The Hall–Kier alpha value is -2.77. The Morgan fingerprint density at radius 3 is 2.40 bits per heavy atom. The number of aldehydes is 1. The standard InChI is InChI=1S/C35H48N2O5/c1-21(37(6)7)30-28(42-22(2)39)19-35(5)26-18-27(40)31-25(17-24(26)15-16-34(30,35)4)13-14-29(33(31,3)20-38)36-32(41)23-11-9-8-10-12-23/h8-13,15,20-21,26-31,40H,14,16-19H2,1-7H3,(H,36,41)/t21-,26+,27-,28+,29-,30-,31-,33-,34+,35-/m0/s1. The summed E-state index contributed by atoms with van der Waals surface area (Å²) in [4.78, 5) is 40.5. The van der Waals surface area contributed by atoms with E-state index in [9.17, 15) is 19.5 Å². The summed E-state index contributed by atoms with van der Waals surface area (Å²) in [6.07, 6.45) is 7.94. The highest BCUT2D eigenvalue weighted by molar-refractivity contribution is 5.94. The lowest BCUT2D eigenvalue weighted by atomic mass is 9.51. The number of nitrogens with one attached hydrogen (secondary N) is 1. The molecule has 4 aliphatic carbocycles. The van der Waals surface area contributed by atoms with E-state index in [2.05, 4.69) is 57.2 Å². The first-order chi connectivity index (χ1) is 19.8. The Morgan fingerprint density at radius 1 is 1.10 bits per heavy atom. The molecule has 0 spiro atoms. The van der Waals surface area contributed by atoms with Gasteiger partial charge in [-0.3, -0.25) is 9.59 Å². The van der Waals surface area contributed by atoms with Gasteiger partial charge in [0.1, 0.15) is 12.4 Å². The summed E-state index contributed by atoms with van der Waals surface area (Å²) in [5.41, 5.74) is 1.66. The van der Waals surface area contributed by atoms with Gasteiger partial charge in [0.25, 0.3) is 5.91 Å². The third kappa shape index (κ3) is 4.77. The highest BCUT2D eigenvalue weighted by Crippen LogP contribution is 2.69. The molecular weight excluding hydrogens is 528 g/mol. The molecule has 0 saturated heterocycles. The number of benzene rings is 1. The van der Waals surface area contributed by atoms with Crippen LogP contribution in [-0.4, -0.2) is 66.6 Å². The van der Waals surface area contributed by atoms with Gasteiger partial charge in [-0.05, 0) is 82.0 Å². The van der Waals surface area contributed by atoms with Gasteiger partial charge in [-0.15, -0.1) is 0 Å². The zero-order valence-electron chi connectivity index (χ0n) is 26.2. The first-order valence-corrected chi connectivity index (χ1v) is 15.5. The van der Waals surface area contributed by atoms with E-state index in [-0.39, 0.29) is 46.7 Å². The Kier molecular flexibility index (Phi) is 8.08. The Morgan fingerprint density at radius 2 is 1.79 bits per heavy atom. The number of carbonyl (C=O) groups excluding carboxylic acids is 3. The number of carbonyl (C=O) groups is 3. The largest absolute Gasteiger partial charge is 0.462 e. The van der Waals surface area contributed by atoms with Crippen LogP contribution in [0, 0.1) is 34.0 Å². The van der Waals surface area contributed by atoms with Gasteiger partial charge in [-0.25, -0.2) is 0 Å². The molecular formula is C35H48N2O5. The molecule has 1 aromatic rings. The molecule has 0 bridgehead atoms. The Labute approximate surface area is 250 Å². The number of esters is 1. The molecule has 1 aromatic carbocycles. The second kappa shape index (κ2) is 11.1. The summed E-state index contributed by atoms with van der Waals surface area (Å²) in [5.74, 6) is -0.634. The maximum absolute atomic E-state index is 13.1. The quantitative estimate of drug-likeness (QED) is 0.283. The predicted molar refractivity (Wildman–Crippen MR) is 163 cm³/mol. The SMILES string of the molecule is CC(=O)O[C@@H]1C[C@@]2(C)[C@@H]3C[C@H](O)[C@@H]4C(=CC[C@H](NC(=O)c5ccccc5)[C@]4(C)C=O)CC3=CC[C@]2(C)[C@H]1[C@H](C)N(C)C. The van der Waals surface area contributed by atoms with Gasteiger partial charge in [0.2, 0.25) is 0 Å². The molecule has 2 saturated carbocycles. The van der Waals surface area contributed by atoms with Crippen molar-refractivity contribution in [1.82, 2.24) is 10.2 Å². The van der Waals surface area contributed by atoms with Crippen LogP contribution < -0.4 is 5.32 Å². The van der Waals surface area contributed by atoms with Crippen molar-refractivity contribution < 1.29 is 24.2 Å². The lowest BCUT2D eigenvalue weighted by Gasteiger charge is -2.54. The summed E-state index contributed by atoms with van der Waals surface area (Å²) < 4.78 is 6.04. The highest BCUT2D eigenvalue weighted by atomic mass is 16.5. The Bertz CT molecular complexity index is 1290. The van der Waals surface area contributed by atoms with Crippen molar-refractivity contribution in [3.05, 3.63) is 59.2 Å². The van der Waals surface area contributed by atoms with E-state index >= 15 is 0 Å². The summed E-state index contributed by atoms with van der Waals surface area (Å²) in [6.45, 7) is 10.3. The van der Waals surface area contributed by atoms with Crippen LogP contribution in [-0.2, 0) is 14.3 Å². The summed E-state index contributed by atoms with van der Waals surface area (Å²) in [5, 5.41) is 15.1. The molecule has 0 radical (unpaired) electrons. The molecule has 7 heteroatoms. The number of ether oxygens (including phenoxy) is 1. The van der Waals surface area contributed by atoms with Crippen LogP contribution in [0.25, 0.3) is 0 Å². The molecule has 0 aromatic heterocycles. The van der Waals surface area contributed by atoms with Crippen molar-refractivity contribution >= 4 is 18.2 Å². The zero-order chi connectivity index (χ0) is 30.6. The number of fused-ring (bicyclic) bond motifs is 4. The average Bonchev–Trinajstić information content (AvgIpc) is 3.05. The number of hydrogen-bond acceptors (Lipinski definition) is 6. The van der Waals surface area contributed by atoms with E-state index in [1.165, 1.54) is 12.5 Å². The molecule has 7 nitrogen and oxygen atoms in total. The van der Waals surface area contributed by atoms with Crippen LogP contribution in [0.5, 0.6) is 0 Å². The molecule has 2 N–H and O–H groups in total. The smallest absolute Gasteiger partial charge is 0.302 e. The second-order valence-electron chi connectivity index (χ2n) is 14.3. The molecule has 42 heavy (non-hydrogen) atoms. The van der Waals surface area contributed by atoms with Crippen LogP contribution in [0.1, 0.15) is 77.1 Å². The van der Waals surface area contributed by atoms with Crippen molar-refractivity contribution in [2.75, 3.05) is 14.1 Å². The van der Waals surface area contributed by atoms with Gasteiger partial charge in [0.05, 0.1) is 11.5 Å². The Balaban J connectivity index is 1.48. The summed E-state index contributed by atoms with van der Waals surface area (Å²) >= 11 is 0. The van der Waals surface area contributed by atoms with Crippen molar-refractivity contribution in [3.8, 4) is 0 Å². The fourth-order valence-electron chi connectivity index (χ4n) is 9.40. The van der Waals surface area contributed by atoms with E-state index < -0.39 is 23.5 Å². The van der Waals surface area contributed by atoms with Gasteiger partial charge < -0.3 is 24.9 Å². The molecule has 0 unspecified atom stereocenters. The number of nitrogens with zero attached hydrogens (tertiary/aromatic N) is 1. The minimum absolute atomic E-state index is 0.0865. The number of hydrogen-bond donors (Lipinski definition) is 2. The van der Waals surface area contributed by atoms with Crippen molar-refractivity contribution in [2.24, 2.45) is 34.0 Å². The van der Waals surface area contributed by atoms with Gasteiger partial charge in [0, 0.05) is 36.4 Å². The topological polar surface area (TPSA) is 95.9 Å². The van der Waals surface area contributed by atoms with E-state index in [1.807, 2.05) is 25.1 Å². The summed E-state index contributed by atoms with van der Waals surface area (Å²) in [7, 11) is 4.16. The van der Waals surface area contributed by atoms with Gasteiger partial charge in [0.15, 0.2) is 0 Å². The number of aliphatic hydroxyl groups is 1. The minimum Gasteiger partial charge on any atom is -0.462 e. The maximum Gasteiger partial charge on any atom is 0.302 e. The van der Waals surface area contributed by atoms with Crippen molar-refractivity contribution in [3.63, 3.8) is 0 Å². The number of amides is 1. The number of aliphatic hydroxyl groups excluding tert-OH is 1. The first-order valence-electron chi connectivity index (χ1n) is 15.5. The average molecular weight is 577 g/mol. The number of allylic oxidation sites excluding steroid dienone is 2. The van der Waals surface area contributed by atoms with Crippen molar-refractivity contribution in [1.29, 1.82) is 0 Å². The van der Waals surface area contributed by atoms with Crippen LogP contribution in [0.2, 0.25) is 0 Å². The van der Waals surface area contributed by atoms with E-state index in [0.717, 1.165) is 24.7 Å². The van der Waals surface area contributed by atoms with Crippen molar-refractivity contribution in [2.45, 2.75) is 91.0 Å². The van der Waals surface area contributed by atoms with Gasteiger partial charge in [-0.2, -0.15) is 0 Å². The third-order valence-electron chi connectivity index (χ3n) is 12.0. The van der Waals surface area contributed by atoms with E-state index in [1.54, 1.807) is 12.1 Å². The zero-order valence-corrected chi connectivity index (χ0v) is 26.2. The lowest BCUT2D eigenvalue weighted by Crippen LogP contribution is -2.55. The van der Waals surface area contributed by atoms with Crippen LogP contribution in [0.4, 0.5) is 0 Å². The molecule has 1 amide bonds. The molecule has 2 fully saturated rings. The molecule has 10 atom stereocenters. The highest BCUT2D eigenvalue weighted by Gasteiger charge is 2.66. The van der Waals surface area contributed by atoms with Crippen LogP contribution in [0.15, 0.2) is 53.6 Å². The fraction of sp³-hybridized carbons (Fsp3) is 0.629. The number of rotatable bonds is 6. The molecule has 228 valence electrons. The van der Waals surface area contributed by atoms with Crippen LogP contribution in [0.3, 0.4) is 0 Å².